The Balaban J connectivity index is 2.04. The fraction of sp³-hybridized carbons (Fsp3) is 0. The number of hydrogen-bond donors (Lipinski definition) is 0. The van der Waals surface area contributed by atoms with E-state index in [1.165, 1.54) is 53.9 Å². The summed E-state index contributed by atoms with van der Waals surface area (Å²) in [4.78, 5) is 0. The third kappa shape index (κ3) is 2.48. The molecule has 0 unspecified atom stereocenters. The molecule has 3 heteroatoms. The minimum absolute atomic E-state index is 1.04. The summed E-state index contributed by atoms with van der Waals surface area (Å²) in [7, 11) is 0. The minimum atomic E-state index is 1.04. The molecule has 0 fully saturated rings. The lowest BCUT2D eigenvalue weighted by Gasteiger charge is -2.16. The van der Waals surface area contributed by atoms with Crippen molar-refractivity contribution in [3.63, 3.8) is 0 Å². The predicted octanol–water partition coefficient (Wildman–Crippen LogP) is 9.74. The Labute approximate surface area is 192 Å². The summed E-state index contributed by atoms with van der Waals surface area (Å²) in [6.07, 6.45) is 0. The Hall–Kier alpha value is -1.94. The van der Waals surface area contributed by atoms with Gasteiger partial charge in [-0.15, -0.1) is 0 Å². The van der Waals surface area contributed by atoms with Crippen molar-refractivity contribution in [3.8, 4) is 0 Å². The van der Waals surface area contributed by atoms with Crippen LogP contribution in [0.2, 0.25) is 0 Å². The van der Waals surface area contributed by atoms with Gasteiger partial charge in [-0.25, -0.2) is 0 Å². The van der Waals surface area contributed by atoms with Crippen LogP contribution >= 0.6 is 47.8 Å². The van der Waals surface area contributed by atoms with E-state index in [0.29, 0.717) is 0 Å². The summed E-state index contributed by atoms with van der Waals surface area (Å²) in [6, 6.07) is 28.6. The average molecular weight is 565 g/mol. The van der Waals surface area contributed by atoms with Crippen LogP contribution in [-0.2, 0) is 0 Å². The molecule has 0 aliphatic carbocycles. The van der Waals surface area contributed by atoms with Gasteiger partial charge in [-0.1, -0.05) is 72.8 Å². The van der Waals surface area contributed by atoms with Gasteiger partial charge in [-0.2, -0.15) is 0 Å². The molecule has 0 bridgehead atoms. The number of fused-ring (bicyclic) bond motifs is 10. The van der Waals surface area contributed by atoms with E-state index >= 15 is 0 Å². The third-order valence-electron chi connectivity index (χ3n) is 5.83. The van der Waals surface area contributed by atoms with Crippen LogP contribution < -0.4 is 0 Å². The maximum atomic E-state index is 3.85. The standard InChI is InChI=1S/C26H13Br3/c27-21-13-20-19-12-11-15-10-9-14-5-1-2-6-16(14)22(15)23(19)17-7-3-4-8-18(17)24(20)26(29)25(21)28/h1-13H. The molecule has 0 aliphatic rings. The van der Waals surface area contributed by atoms with Gasteiger partial charge in [-0.3, -0.25) is 0 Å². The molecule has 0 atom stereocenters. The van der Waals surface area contributed by atoms with E-state index in [4.69, 9.17) is 0 Å². The first kappa shape index (κ1) is 17.9. The lowest BCUT2D eigenvalue weighted by molar-refractivity contribution is 1.62. The summed E-state index contributed by atoms with van der Waals surface area (Å²) in [5, 5.41) is 12.8. The van der Waals surface area contributed by atoms with Crippen molar-refractivity contribution in [1.29, 1.82) is 0 Å². The molecule has 0 heterocycles. The van der Waals surface area contributed by atoms with Crippen LogP contribution in [0.15, 0.2) is 92.3 Å². The van der Waals surface area contributed by atoms with Crippen molar-refractivity contribution in [1.82, 2.24) is 0 Å². The van der Waals surface area contributed by atoms with Crippen LogP contribution in [0.3, 0.4) is 0 Å². The summed E-state index contributed by atoms with van der Waals surface area (Å²) in [5.41, 5.74) is 0. The SMILES string of the molecule is Brc1cc2c3ccc4ccc5ccccc5c4c3c3ccccc3c2c(Br)c1Br. The number of hydrogen-bond acceptors (Lipinski definition) is 0. The normalized spacial score (nSPS) is 12.0. The number of halogens is 3. The zero-order chi connectivity index (χ0) is 19.7. The van der Waals surface area contributed by atoms with Crippen LogP contribution in [0.25, 0.3) is 53.9 Å². The molecular formula is C26H13Br3. The molecular weight excluding hydrogens is 552 g/mol. The zero-order valence-corrected chi connectivity index (χ0v) is 19.9. The van der Waals surface area contributed by atoms with Crippen LogP contribution in [0.1, 0.15) is 0 Å². The van der Waals surface area contributed by atoms with Crippen molar-refractivity contribution in [3.05, 3.63) is 92.3 Å². The summed E-state index contributed by atoms with van der Waals surface area (Å²) < 4.78 is 3.17. The van der Waals surface area contributed by atoms with Gasteiger partial charge in [-0.05, 0) is 102 Å². The topological polar surface area (TPSA) is 0 Å². The molecule has 0 N–H and O–H groups in total. The van der Waals surface area contributed by atoms with E-state index in [1.807, 2.05) is 0 Å². The smallest absolute Gasteiger partial charge is 0.0466 e. The maximum absolute atomic E-state index is 3.85. The van der Waals surface area contributed by atoms with E-state index in [9.17, 15) is 0 Å². The second-order valence-corrected chi connectivity index (χ2v) is 9.77. The minimum Gasteiger partial charge on any atom is -0.0616 e. The molecule has 0 radical (unpaired) electrons. The van der Waals surface area contributed by atoms with Crippen LogP contribution in [0.5, 0.6) is 0 Å². The monoisotopic (exact) mass is 562 g/mol. The molecule has 0 aromatic heterocycles. The fourth-order valence-electron chi connectivity index (χ4n) is 4.59. The number of rotatable bonds is 0. The molecule has 138 valence electrons. The molecule has 0 spiro atoms. The van der Waals surface area contributed by atoms with Gasteiger partial charge < -0.3 is 0 Å². The van der Waals surface area contributed by atoms with Crippen molar-refractivity contribution in [2.24, 2.45) is 0 Å². The molecule has 6 aromatic rings. The van der Waals surface area contributed by atoms with Gasteiger partial charge >= 0.3 is 0 Å². The summed E-state index contributed by atoms with van der Waals surface area (Å²) >= 11 is 11.3. The second kappa shape index (κ2) is 6.53. The first-order chi connectivity index (χ1) is 14.1. The van der Waals surface area contributed by atoms with Gasteiger partial charge in [0.05, 0.1) is 0 Å². The molecule has 0 saturated carbocycles. The van der Waals surface area contributed by atoms with Crippen molar-refractivity contribution >= 4 is 102 Å². The van der Waals surface area contributed by atoms with Crippen LogP contribution in [-0.4, -0.2) is 0 Å². The Morgan fingerprint density at radius 3 is 1.79 bits per heavy atom. The zero-order valence-electron chi connectivity index (χ0n) is 15.1. The Bertz CT molecular complexity index is 1630. The number of benzene rings is 6. The summed E-state index contributed by atoms with van der Waals surface area (Å²) in [5.74, 6) is 0. The molecule has 6 aromatic carbocycles. The van der Waals surface area contributed by atoms with E-state index in [0.717, 1.165) is 13.4 Å². The molecule has 0 saturated heterocycles. The maximum Gasteiger partial charge on any atom is 0.0466 e. The van der Waals surface area contributed by atoms with E-state index in [2.05, 4.69) is 127 Å². The fourth-order valence-corrected chi connectivity index (χ4v) is 6.24. The van der Waals surface area contributed by atoms with Crippen molar-refractivity contribution in [2.45, 2.75) is 0 Å². The van der Waals surface area contributed by atoms with Gasteiger partial charge in [0.25, 0.3) is 0 Å². The Kier molecular flexibility index (Phi) is 4.03. The highest BCUT2D eigenvalue weighted by atomic mass is 79.9. The van der Waals surface area contributed by atoms with E-state index in [1.54, 1.807) is 0 Å². The highest BCUT2D eigenvalue weighted by molar-refractivity contribution is 9.14. The van der Waals surface area contributed by atoms with E-state index in [-0.39, 0.29) is 0 Å². The van der Waals surface area contributed by atoms with Crippen LogP contribution in [0.4, 0.5) is 0 Å². The van der Waals surface area contributed by atoms with Crippen LogP contribution in [0, 0.1) is 0 Å². The first-order valence-corrected chi connectivity index (χ1v) is 11.7. The average Bonchev–Trinajstić information content (AvgIpc) is 2.76. The van der Waals surface area contributed by atoms with Crippen molar-refractivity contribution < 1.29 is 0 Å². The van der Waals surface area contributed by atoms with Crippen molar-refractivity contribution in [2.75, 3.05) is 0 Å². The highest BCUT2D eigenvalue weighted by Gasteiger charge is 2.17. The Morgan fingerprint density at radius 2 is 1.00 bits per heavy atom. The largest absolute Gasteiger partial charge is 0.0616 e. The lowest BCUT2D eigenvalue weighted by atomic mass is 9.89. The van der Waals surface area contributed by atoms with Gasteiger partial charge in [0.15, 0.2) is 0 Å². The molecule has 29 heavy (non-hydrogen) atoms. The first-order valence-electron chi connectivity index (χ1n) is 9.37. The van der Waals surface area contributed by atoms with Gasteiger partial charge in [0.1, 0.15) is 0 Å². The summed E-state index contributed by atoms with van der Waals surface area (Å²) in [6.45, 7) is 0. The second-order valence-electron chi connectivity index (χ2n) is 7.33. The highest BCUT2D eigenvalue weighted by Crippen LogP contribution is 2.46. The van der Waals surface area contributed by atoms with Gasteiger partial charge in [0, 0.05) is 18.8 Å². The lowest BCUT2D eigenvalue weighted by Crippen LogP contribution is -1.88. The van der Waals surface area contributed by atoms with Gasteiger partial charge in [0.2, 0.25) is 0 Å². The predicted molar refractivity (Wildman–Crippen MR) is 137 cm³/mol. The quantitative estimate of drug-likeness (QED) is 0.127. The third-order valence-corrected chi connectivity index (χ3v) is 9.13. The molecule has 0 nitrogen and oxygen atoms in total. The molecule has 6 rings (SSSR count). The molecule has 0 aliphatic heterocycles. The Morgan fingerprint density at radius 1 is 0.414 bits per heavy atom. The van der Waals surface area contributed by atoms with E-state index < -0.39 is 0 Å². The molecule has 0 amide bonds.